The predicted octanol–water partition coefficient (Wildman–Crippen LogP) is 18.3. The lowest BCUT2D eigenvalue weighted by Crippen LogP contribution is -2.00. The van der Waals surface area contributed by atoms with Gasteiger partial charge in [0.05, 0.1) is 0 Å². The minimum Gasteiger partial charge on any atom is -0.208 e. The fourth-order valence-electron chi connectivity index (χ4n) is 12.4. The standard InChI is InChI=1S/C70H41N3/c1-4-12-43(13-5-1)60-39-50-26-27-51-40-61(59-33-29-45-25-24-44-28-32-58(60)66-62(44)63(45)67(59)65(51)64(50)66)54-36-52(42-22-20-41(21-23-42)48-30-31-57-53(34-48)35-49-18-10-11-19-56(49)57)37-55(38-54)70-72-68(46-14-6-2-7-15-46)71-69(73-70)47-16-8-3-9-17-47/h1-34,36-40H,35H2. The van der Waals surface area contributed by atoms with Crippen molar-refractivity contribution in [3.05, 3.63) is 248 Å². The van der Waals surface area contributed by atoms with Crippen LogP contribution in [0.5, 0.6) is 0 Å². The molecule has 0 saturated carbocycles. The Morgan fingerprint density at radius 1 is 0.219 bits per heavy atom. The van der Waals surface area contributed by atoms with Crippen molar-refractivity contribution in [2.45, 2.75) is 6.42 Å². The molecule has 0 fully saturated rings. The summed E-state index contributed by atoms with van der Waals surface area (Å²) in [5, 5.41) is 15.6. The van der Waals surface area contributed by atoms with E-state index in [-0.39, 0.29) is 0 Å². The van der Waals surface area contributed by atoms with Crippen LogP contribution in [0.1, 0.15) is 11.1 Å². The summed E-state index contributed by atoms with van der Waals surface area (Å²) in [4.78, 5) is 15.6. The van der Waals surface area contributed by atoms with E-state index in [1.54, 1.807) is 0 Å². The van der Waals surface area contributed by atoms with E-state index in [4.69, 9.17) is 15.0 Å². The minimum absolute atomic E-state index is 0.626. The van der Waals surface area contributed by atoms with Gasteiger partial charge < -0.3 is 0 Å². The maximum absolute atomic E-state index is 5.28. The summed E-state index contributed by atoms with van der Waals surface area (Å²) >= 11 is 0. The average molecular weight is 924 g/mol. The minimum atomic E-state index is 0.626. The van der Waals surface area contributed by atoms with E-state index in [1.807, 2.05) is 36.4 Å². The van der Waals surface area contributed by atoms with Crippen LogP contribution in [-0.4, -0.2) is 15.0 Å². The normalized spacial score (nSPS) is 12.3. The molecular formula is C70H41N3. The lowest BCUT2D eigenvalue weighted by atomic mass is 9.79. The molecule has 15 aromatic rings. The van der Waals surface area contributed by atoms with Gasteiger partial charge in [0.25, 0.3) is 0 Å². The Morgan fingerprint density at radius 2 is 0.644 bits per heavy atom. The van der Waals surface area contributed by atoms with Crippen LogP contribution in [-0.2, 0) is 6.42 Å². The molecule has 3 nitrogen and oxygen atoms in total. The van der Waals surface area contributed by atoms with Gasteiger partial charge in [-0.25, -0.2) is 15.0 Å². The topological polar surface area (TPSA) is 38.7 Å². The summed E-state index contributed by atoms with van der Waals surface area (Å²) in [7, 11) is 0. The number of hydrogen-bond donors (Lipinski definition) is 0. The first kappa shape index (κ1) is 40.2. The molecule has 73 heavy (non-hydrogen) atoms. The third kappa shape index (κ3) is 6.16. The SMILES string of the molecule is c1ccc(-c2nc(-c3ccccc3)nc(-c3cc(-c4ccc(-c5ccc6c(c5)Cc5ccccc5-6)cc4)cc(-c4cc5ccc6cc(-c7ccccc7)c7ccc8ccc9ccc4c4c9c8c7c6c54)c3)n2)cc1. The molecule has 1 aliphatic rings. The molecule has 0 bridgehead atoms. The highest BCUT2D eigenvalue weighted by molar-refractivity contribution is 6.46. The van der Waals surface area contributed by atoms with E-state index < -0.39 is 0 Å². The molecule has 0 unspecified atom stereocenters. The third-order valence-corrected chi connectivity index (χ3v) is 15.7. The maximum Gasteiger partial charge on any atom is 0.164 e. The van der Waals surface area contributed by atoms with Crippen molar-refractivity contribution in [3.8, 4) is 89.8 Å². The molecular weight excluding hydrogens is 883 g/mol. The molecule has 1 heterocycles. The zero-order valence-electron chi connectivity index (χ0n) is 39.6. The largest absolute Gasteiger partial charge is 0.208 e. The number of rotatable bonds is 7. The van der Waals surface area contributed by atoms with E-state index >= 15 is 0 Å². The Morgan fingerprint density at radius 3 is 1.25 bits per heavy atom. The molecule has 336 valence electrons. The molecule has 14 aromatic carbocycles. The van der Waals surface area contributed by atoms with Crippen LogP contribution in [0.15, 0.2) is 237 Å². The van der Waals surface area contributed by atoms with E-state index in [1.165, 1.54) is 115 Å². The van der Waals surface area contributed by atoms with Gasteiger partial charge in [0, 0.05) is 16.7 Å². The van der Waals surface area contributed by atoms with Crippen LogP contribution in [0, 0.1) is 0 Å². The quantitative estimate of drug-likeness (QED) is 0.118. The van der Waals surface area contributed by atoms with Crippen molar-refractivity contribution in [2.75, 3.05) is 0 Å². The Bertz CT molecular complexity index is 4580. The molecule has 16 rings (SSSR count). The number of fused-ring (bicyclic) bond motifs is 3. The van der Waals surface area contributed by atoms with Crippen molar-refractivity contribution in [3.63, 3.8) is 0 Å². The second kappa shape index (κ2) is 15.5. The van der Waals surface area contributed by atoms with Gasteiger partial charge in [-0.2, -0.15) is 0 Å². The Balaban J connectivity index is 0.928. The lowest BCUT2D eigenvalue weighted by Gasteiger charge is -2.23. The number of hydrogen-bond acceptors (Lipinski definition) is 3. The maximum atomic E-state index is 5.28. The summed E-state index contributed by atoms with van der Waals surface area (Å²) in [6.45, 7) is 0. The lowest BCUT2D eigenvalue weighted by molar-refractivity contribution is 1.07. The predicted molar refractivity (Wildman–Crippen MR) is 305 cm³/mol. The number of aromatic nitrogens is 3. The first-order valence-electron chi connectivity index (χ1n) is 25.2. The van der Waals surface area contributed by atoms with Crippen LogP contribution < -0.4 is 0 Å². The third-order valence-electron chi connectivity index (χ3n) is 15.7. The Labute approximate surface area is 421 Å². The van der Waals surface area contributed by atoms with Gasteiger partial charge in [-0.15, -0.1) is 0 Å². The van der Waals surface area contributed by atoms with Gasteiger partial charge in [-0.1, -0.05) is 206 Å². The van der Waals surface area contributed by atoms with Gasteiger partial charge in [0.15, 0.2) is 17.5 Å². The molecule has 1 aromatic heterocycles. The Kier molecular flexibility index (Phi) is 8.51. The summed E-state index contributed by atoms with van der Waals surface area (Å²) in [5.74, 6) is 1.90. The molecule has 3 heteroatoms. The zero-order valence-corrected chi connectivity index (χ0v) is 39.6. The molecule has 0 N–H and O–H groups in total. The summed E-state index contributed by atoms with van der Waals surface area (Å²) < 4.78 is 0. The molecule has 1 aliphatic carbocycles. The Hall–Kier alpha value is -9.57. The molecule has 0 atom stereocenters. The fourth-order valence-corrected chi connectivity index (χ4v) is 12.4. The second-order valence-electron chi connectivity index (χ2n) is 19.8. The molecule has 0 spiro atoms. The number of benzene rings is 14. The summed E-state index contributed by atoms with van der Waals surface area (Å²) in [6, 6.07) is 86.7. The van der Waals surface area contributed by atoms with Crippen LogP contribution >= 0.6 is 0 Å². The average Bonchev–Trinajstić information content (AvgIpc) is 3.88. The van der Waals surface area contributed by atoms with Gasteiger partial charge >= 0.3 is 0 Å². The summed E-state index contributed by atoms with van der Waals surface area (Å²) in [6.07, 6.45) is 0.967. The molecule has 0 amide bonds. The van der Waals surface area contributed by atoms with E-state index in [2.05, 4.69) is 200 Å². The van der Waals surface area contributed by atoms with Crippen molar-refractivity contribution in [2.24, 2.45) is 0 Å². The monoisotopic (exact) mass is 923 g/mol. The van der Waals surface area contributed by atoms with Crippen LogP contribution in [0.4, 0.5) is 0 Å². The van der Waals surface area contributed by atoms with Crippen molar-refractivity contribution >= 4 is 64.6 Å². The smallest absolute Gasteiger partial charge is 0.164 e. The first-order chi connectivity index (χ1) is 36.1. The molecule has 0 saturated heterocycles. The van der Waals surface area contributed by atoms with Gasteiger partial charge in [0.2, 0.25) is 0 Å². The highest BCUT2D eigenvalue weighted by Crippen LogP contribution is 2.52. The first-order valence-corrected chi connectivity index (χ1v) is 25.2. The van der Waals surface area contributed by atoms with Crippen molar-refractivity contribution in [1.29, 1.82) is 0 Å². The van der Waals surface area contributed by atoms with E-state index in [0.717, 1.165) is 39.8 Å². The van der Waals surface area contributed by atoms with Crippen molar-refractivity contribution in [1.82, 2.24) is 15.0 Å². The van der Waals surface area contributed by atoms with Crippen LogP contribution in [0.2, 0.25) is 0 Å². The van der Waals surface area contributed by atoms with Crippen LogP contribution in [0.3, 0.4) is 0 Å². The van der Waals surface area contributed by atoms with Crippen molar-refractivity contribution < 1.29 is 0 Å². The zero-order chi connectivity index (χ0) is 47.7. The highest BCUT2D eigenvalue weighted by atomic mass is 15.0. The summed E-state index contributed by atoms with van der Waals surface area (Å²) in [5.41, 5.74) is 17.7. The van der Waals surface area contributed by atoms with E-state index in [9.17, 15) is 0 Å². The number of nitrogens with zero attached hydrogens (tertiary/aromatic N) is 3. The molecule has 0 aliphatic heterocycles. The van der Waals surface area contributed by atoms with Gasteiger partial charge in [0.1, 0.15) is 0 Å². The fraction of sp³-hybridized carbons (Fsp3) is 0.0143. The van der Waals surface area contributed by atoms with Gasteiger partial charge in [-0.3, -0.25) is 0 Å². The van der Waals surface area contributed by atoms with Crippen LogP contribution in [0.25, 0.3) is 154 Å². The highest BCUT2D eigenvalue weighted by Gasteiger charge is 2.25. The molecule has 0 radical (unpaired) electrons. The van der Waals surface area contributed by atoms with E-state index in [0.29, 0.717) is 17.5 Å². The van der Waals surface area contributed by atoms with Gasteiger partial charge in [-0.05, 0) is 168 Å². The second-order valence-corrected chi connectivity index (χ2v) is 19.8.